The van der Waals surface area contributed by atoms with E-state index in [1.54, 1.807) is 19.1 Å². The molecule has 0 bridgehead atoms. The van der Waals surface area contributed by atoms with Gasteiger partial charge in [-0.05, 0) is 117 Å². The van der Waals surface area contributed by atoms with E-state index < -0.39 is 5.41 Å². The smallest absolute Gasteiger partial charge is 0.252 e. The Morgan fingerprint density at radius 3 is 2.19 bits per heavy atom. The Morgan fingerprint density at radius 2 is 1.60 bits per heavy atom. The van der Waals surface area contributed by atoms with Crippen LogP contribution in [-0.2, 0) is 19.2 Å². The van der Waals surface area contributed by atoms with Gasteiger partial charge in [0.2, 0.25) is 5.91 Å². The average Bonchev–Trinajstić information content (AvgIpc) is 2.88. The maximum absolute atomic E-state index is 14.6. The number of amides is 2. The molecule has 5 aliphatic rings. The molecule has 5 aliphatic carbocycles. The number of fused-ring (bicyclic) bond motifs is 7. The molecule has 0 aromatic heterocycles. The van der Waals surface area contributed by atoms with E-state index in [0.29, 0.717) is 11.7 Å². The van der Waals surface area contributed by atoms with Gasteiger partial charge in [-0.15, -0.1) is 0 Å². The highest BCUT2D eigenvalue weighted by Gasteiger charge is 2.70. The van der Waals surface area contributed by atoms with Gasteiger partial charge in [-0.3, -0.25) is 19.2 Å². The topological polar surface area (TPSA) is 75.7 Å². The van der Waals surface area contributed by atoms with E-state index in [9.17, 15) is 14.4 Å². The van der Waals surface area contributed by atoms with Crippen molar-refractivity contribution < 1.29 is 19.2 Å². The number of hydrogen-bond acceptors (Lipinski definition) is 4. The molecule has 0 radical (unpaired) electrons. The molecule has 0 aromatic rings. The molecule has 0 aliphatic heterocycles. The van der Waals surface area contributed by atoms with Crippen molar-refractivity contribution in [2.75, 3.05) is 7.11 Å². The van der Waals surface area contributed by atoms with E-state index in [1.165, 1.54) is 5.57 Å². The van der Waals surface area contributed by atoms with Gasteiger partial charge in [0.05, 0.1) is 13.2 Å². The number of hydroxylamine groups is 2. The van der Waals surface area contributed by atoms with Crippen LogP contribution in [0.2, 0.25) is 0 Å². The summed E-state index contributed by atoms with van der Waals surface area (Å²) in [6.45, 7) is 22.1. The minimum absolute atomic E-state index is 0.0269. The summed E-state index contributed by atoms with van der Waals surface area (Å²) < 4.78 is 0. The molecule has 0 aromatic carbocycles. The van der Waals surface area contributed by atoms with Crippen LogP contribution in [0.25, 0.3) is 0 Å². The summed E-state index contributed by atoms with van der Waals surface area (Å²) in [6.07, 6.45) is 11.0. The highest BCUT2D eigenvalue weighted by molar-refractivity contribution is 5.95. The lowest BCUT2D eigenvalue weighted by atomic mass is 9.33. The molecule has 5 rings (SSSR count). The molecule has 2 amide bonds. The molecule has 1 N–H and O–H groups in total. The van der Waals surface area contributed by atoms with Gasteiger partial charge >= 0.3 is 0 Å². The minimum Gasteiger partial charge on any atom is -0.353 e. The molecule has 4 saturated carbocycles. The molecule has 0 heterocycles. The van der Waals surface area contributed by atoms with E-state index >= 15 is 0 Å². The third kappa shape index (κ3) is 4.23. The number of nitrogens with zero attached hydrogens (tertiary/aromatic N) is 1. The van der Waals surface area contributed by atoms with Crippen molar-refractivity contribution in [3.63, 3.8) is 0 Å². The Bertz CT molecular complexity index is 1190. The van der Waals surface area contributed by atoms with E-state index in [0.717, 1.165) is 57.8 Å². The van der Waals surface area contributed by atoms with Gasteiger partial charge in [0.1, 0.15) is 0 Å². The third-order valence-corrected chi connectivity index (χ3v) is 14.4. The van der Waals surface area contributed by atoms with E-state index in [2.05, 4.69) is 59.9 Å². The first-order valence-electron chi connectivity index (χ1n) is 16.7. The normalized spacial score (nSPS) is 46.0. The number of carbonyl (C=O) groups is 3. The van der Waals surface area contributed by atoms with Crippen LogP contribution < -0.4 is 5.32 Å². The maximum Gasteiger partial charge on any atom is 0.252 e. The van der Waals surface area contributed by atoms with Crippen LogP contribution in [0.4, 0.5) is 0 Å². The molecule has 4 fully saturated rings. The Balaban J connectivity index is 1.54. The maximum atomic E-state index is 14.6. The summed E-state index contributed by atoms with van der Waals surface area (Å²) in [5.41, 5.74) is 0.520. The molecule has 236 valence electrons. The third-order valence-electron chi connectivity index (χ3n) is 14.4. The fraction of sp³-hybridized carbons (Fsp3) is 0.861. The van der Waals surface area contributed by atoms with E-state index in [4.69, 9.17) is 4.84 Å². The van der Waals surface area contributed by atoms with Crippen LogP contribution in [0.5, 0.6) is 0 Å². The second-order valence-corrected chi connectivity index (χ2v) is 17.3. The Kier molecular flexibility index (Phi) is 7.48. The van der Waals surface area contributed by atoms with Gasteiger partial charge in [0, 0.05) is 24.3 Å². The highest BCUT2D eigenvalue weighted by atomic mass is 16.7. The zero-order chi connectivity index (χ0) is 31.3. The highest BCUT2D eigenvalue weighted by Crippen LogP contribution is 2.75. The molecule has 0 saturated heterocycles. The van der Waals surface area contributed by atoms with Gasteiger partial charge in [0.25, 0.3) is 5.91 Å². The van der Waals surface area contributed by atoms with Crippen LogP contribution in [0.15, 0.2) is 11.6 Å². The Hall–Kier alpha value is -1.69. The van der Waals surface area contributed by atoms with Gasteiger partial charge in [-0.2, -0.15) is 0 Å². The quantitative estimate of drug-likeness (QED) is 0.354. The van der Waals surface area contributed by atoms with Crippen LogP contribution in [-0.4, -0.2) is 41.9 Å². The number of rotatable bonds is 4. The summed E-state index contributed by atoms with van der Waals surface area (Å²) in [5, 5.41) is 4.82. The second-order valence-electron chi connectivity index (χ2n) is 17.3. The number of nitrogens with one attached hydrogen (secondary N) is 1. The van der Waals surface area contributed by atoms with Gasteiger partial charge in [-0.1, -0.05) is 54.0 Å². The number of allylic oxidation sites excluding steroid dienone is 2. The SMILES string of the molecule is CON(C(=O)[C@@]1(C)CC[C@]2(C)CC[C@]3(C)C(=CC(=O)[C@@H]4[C@@]5(C)CC[C@H](NC(C)=O)C(C)(C)C5CC[C@]43C)[C@@H]2C1)C(C)C. The molecular weight excluding hydrogens is 524 g/mol. The first kappa shape index (κ1) is 31.7. The number of carbonyl (C=O) groups excluding carboxylic acids is 3. The fourth-order valence-electron chi connectivity index (χ4n) is 11.7. The lowest BCUT2D eigenvalue weighted by molar-refractivity contribution is -0.202. The van der Waals surface area contributed by atoms with Gasteiger partial charge in [-0.25, -0.2) is 5.06 Å². The van der Waals surface area contributed by atoms with Crippen LogP contribution in [0.3, 0.4) is 0 Å². The van der Waals surface area contributed by atoms with Crippen LogP contribution in [0.1, 0.15) is 127 Å². The Labute approximate surface area is 255 Å². The van der Waals surface area contributed by atoms with Gasteiger partial charge in [0.15, 0.2) is 5.78 Å². The summed E-state index contributed by atoms with van der Waals surface area (Å²) in [5.74, 6) is 0.986. The predicted octanol–water partition coefficient (Wildman–Crippen LogP) is 7.27. The first-order valence-corrected chi connectivity index (χ1v) is 16.7. The monoisotopic (exact) mass is 582 g/mol. The molecule has 6 nitrogen and oxygen atoms in total. The standard InChI is InChI=1S/C36H58N2O4/c1-22(2)38(42-11)30(41)33(7)17-16-32(6)18-19-35(9)24(25(32)21-33)20-26(40)29-34(8)14-13-28(37-23(3)39)31(4,5)27(34)12-15-36(29,35)10/h20,22,25,27-29H,12-19,21H2,1-11H3,(H,37,39)/t25-,27?,28-,29+,32+,33-,34-,35+,36+/m0/s1. The molecule has 0 spiro atoms. The van der Waals surface area contributed by atoms with E-state index in [1.807, 2.05) is 13.8 Å². The molecular formula is C36H58N2O4. The zero-order valence-corrected chi connectivity index (χ0v) is 28.4. The van der Waals surface area contributed by atoms with Crippen molar-refractivity contribution in [1.29, 1.82) is 0 Å². The molecule has 9 atom stereocenters. The lowest BCUT2D eigenvalue weighted by Gasteiger charge is -2.70. The second kappa shape index (κ2) is 9.91. The zero-order valence-electron chi connectivity index (χ0n) is 28.4. The van der Waals surface area contributed by atoms with E-state index in [-0.39, 0.29) is 62.8 Å². The largest absolute Gasteiger partial charge is 0.353 e. The summed E-state index contributed by atoms with van der Waals surface area (Å²) >= 11 is 0. The summed E-state index contributed by atoms with van der Waals surface area (Å²) in [7, 11) is 1.59. The molecule has 42 heavy (non-hydrogen) atoms. The number of hydrogen-bond donors (Lipinski definition) is 1. The van der Waals surface area contributed by atoms with Crippen molar-refractivity contribution in [1.82, 2.24) is 10.4 Å². The summed E-state index contributed by atoms with van der Waals surface area (Å²) in [4.78, 5) is 46.2. The average molecular weight is 583 g/mol. The van der Waals surface area contributed by atoms with Crippen molar-refractivity contribution in [3.8, 4) is 0 Å². The number of ketones is 1. The molecule has 6 heteroatoms. The van der Waals surface area contributed by atoms with Crippen LogP contribution >= 0.6 is 0 Å². The van der Waals surface area contributed by atoms with Crippen molar-refractivity contribution in [3.05, 3.63) is 11.6 Å². The molecule has 1 unspecified atom stereocenters. The van der Waals surface area contributed by atoms with Crippen molar-refractivity contribution in [2.45, 2.75) is 139 Å². The summed E-state index contributed by atoms with van der Waals surface area (Å²) in [6, 6.07) is 0.114. The van der Waals surface area contributed by atoms with Crippen molar-refractivity contribution >= 4 is 17.6 Å². The lowest BCUT2D eigenvalue weighted by Crippen LogP contribution is -2.67. The predicted molar refractivity (Wildman–Crippen MR) is 166 cm³/mol. The fourth-order valence-corrected chi connectivity index (χ4v) is 11.7. The first-order chi connectivity index (χ1) is 19.3. The van der Waals surface area contributed by atoms with Gasteiger partial charge < -0.3 is 5.32 Å². The minimum atomic E-state index is -0.514. The Morgan fingerprint density at radius 1 is 0.952 bits per heavy atom. The van der Waals surface area contributed by atoms with Crippen molar-refractivity contribution in [2.24, 2.45) is 50.2 Å². The van der Waals surface area contributed by atoms with Crippen LogP contribution in [0, 0.1) is 50.2 Å².